The number of hydrogen-bond donors (Lipinski definition) is 3. The quantitative estimate of drug-likeness (QED) is 0.0321. The van der Waals surface area contributed by atoms with Crippen LogP contribution in [-0.2, 0) is 19.1 Å². The van der Waals surface area contributed by atoms with Crippen LogP contribution in [0.25, 0.3) is 0 Å². The first kappa shape index (κ1) is 55.8. The first-order valence-corrected chi connectivity index (χ1v) is 23.4. The fraction of sp³-hybridized carbons (Fsp3) is 0.566. The minimum atomic E-state index is -1.02. The molecule has 2 atom stereocenters. The van der Waals surface area contributed by atoms with Crippen LogP contribution in [-0.4, -0.2) is 41.6 Å². The number of aliphatic carboxylic acids is 1. The number of unbranched alkanes of at least 4 members (excludes halogenated alkanes) is 8. The van der Waals surface area contributed by atoms with Crippen LogP contribution >= 0.6 is 0 Å². The second kappa shape index (κ2) is 45.8. The standard InChI is InChI=1S/C53H84N2O5/c1-3-5-7-9-11-13-15-16-17-18-19-20-21-22-23-24-25-26-28-30-32-37-41-47-52(57)60-49(43-38-34-31-29-27-14-12-10-8-6-4-2)44-39-35-33-36-40-46-51(56)55-50(53(58)59)45-42-48-54/h5,7,11-14,16-17,19-20,22-23,25-26,29-32,38,43,49-50H,3-4,6,8-10,15,18,21,24,27-28,33-37,39-42,44-48,54H2,1-2H3,(H,55,56)(H,58,59)/b7-5-,13-11-,14-12-,17-16-,20-19-,23-22-,26-25-,31-29-,32-30-,43-38-. The highest BCUT2D eigenvalue weighted by Gasteiger charge is 2.18. The summed E-state index contributed by atoms with van der Waals surface area (Å²) in [4.78, 5) is 36.4. The second-order valence-corrected chi connectivity index (χ2v) is 15.1. The molecule has 0 rings (SSSR count). The highest BCUT2D eigenvalue weighted by molar-refractivity contribution is 5.83. The summed E-state index contributed by atoms with van der Waals surface area (Å²) in [7, 11) is 0. The largest absolute Gasteiger partial charge is 0.480 e. The number of carbonyl (C=O) groups excluding carboxylic acids is 2. The molecule has 0 saturated heterocycles. The maximum atomic E-state index is 12.8. The Balaban J connectivity index is 4.49. The minimum absolute atomic E-state index is 0.157. The lowest BCUT2D eigenvalue weighted by Crippen LogP contribution is -2.40. The normalized spacial score (nSPS) is 13.8. The molecule has 0 heterocycles. The molecule has 60 heavy (non-hydrogen) atoms. The van der Waals surface area contributed by atoms with Gasteiger partial charge in [0.15, 0.2) is 0 Å². The summed E-state index contributed by atoms with van der Waals surface area (Å²) in [6.45, 7) is 4.77. The molecule has 0 aromatic carbocycles. The van der Waals surface area contributed by atoms with Crippen LogP contribution in [0.3, 0.4) is 0 Å². The number of hydrogen-bond acceptors (Lipinski definition) is 5. The van der Waals surface area contributed by atoms with Crippen molar-refractivity contribution in [1.29, 1.82) is 0 Å². The first-order valence-electron chi connectivity index (χ1n) is 23.4. The summed E-state index contributed by atoms with van der Waals surface area (Å²) in [5.74, 6) is -1.41. The van der Waals surface area contributed by atoms with Crippen LogP contribution in [0.15, 0.2) is 122 Å². The van der Waals surface area contributed by atoms with Crippen LogP contribution in [0.4, 0.5) is 0 Å². The van der Waals surface area contributed by atoms with Crippen molar-refractivity contribution in [2.75, 3.05) is 6.54 Å². The Morgan fingerprint density at radius 2 is 0.983 bits per heavy atom. The zero-order chi connectivity index (χ0) is 43.8. The molecule has 4 N–H and O–H groups in total. The number of esters is 1. The maximum absolute atomic E-state index is 12.8. The predicted octanol–water partition coefficient (Wildman–Crippen LogP) is 13.8. The van der Waals surface area contributed by atoms with Gasteiger partial charge in [-0.2, -0.15) is 0 Å². The summed E-state index contributed by atoms with van der Waals surface area (Å²) in [6.07, 6.45) is 65.5. The number of allylic oxidation sites excluding steroid dienone is 19. The molecule has 7 nitrogen and oxygen atoms in total. The Kier molecular flexibility index (Phi) is 42.6. The molecule has 0 bridgehead atoms. The van der Waals surface area contributed by atoms with Crippen molar-refractivity contribution in [3.8, 4) is 0 Å². The van der Waals surface area contributed by atoms with Gasteiger partial charge >= 0.3 is 11.9 Å². The van der Waals surface area contributed by atoms with E-state index in [1.807, 2.05) is 6.08 Å². The molecule has 1 amide bonds. The van der Waals surface area contributed by atoms with Gasteiger partial charge in [0.05, 0.1) is 0 Å². The van der Waals surface area contributed by atoms with Crippen LogP contribution in [0.2, 0.25) is 0 Å². The van der Waals surface area contributed by atoms with E-state index in [4.69, 9.17) is 10.5 Å². The molecule has 2 unspecified atom stereocenters. The Bertz CT molecular complexity index is 1350. The Morgan fingerprint density at radius 1 is 0.517 bits per heavy atom. The number of rotatable bonds is 40. The van der Waals surface area contributed by atoms with Gasteiger partial charge in [-0.15, -0.1) is 0 Å². The second-order valence-electron chi connectivity index (χ2n) is 15.1. The fourth-order valence-corrected chi connectivity index (χ4v) is 6.01. The van der Waals surface area contributed by atoms with Crippen molar-refractivity contribution < 1.29 is 24.2 Å². The lowest BCUT2D eigenvalue weighted by atomic mass is 10.1. The van der Waals surface area contributed by atoms with E-state index in [9.17, 15) is 19.5 Å². The fourth-order valence-electron chi connectivity index (χ4n) is 6.01. The first-order chi connectivity index (χ1) is 29.4. The van der Waals surface area contributed by atoms with Crippen molar-refractivity contribution in [2.45, 2.75) is 187 Å². The molecule has 0 aliphatic heterocycles. The van der Waals surface area contributed by atoms with E-state index >= 15 is 0 Å². The van der Waals surface area contributed by atoms with E-state index in [1.54, 1.807) is 0 Å². The molecular formula is C53H84N2O5. The smallest absolute Gasteiger partial charge is 0.326 e. The SMILES string of the molecule is CC/C=C\C/C=C\C/C=C\C/C=C\C/C=C\C/C=C\C/C=C\CCCC(=O)OC(/C=C\C/C=C\C/C=C\CCCCC)CCCCCCCC(=O)NC(CCCN)C(=O)O. The lowest BCUT2D eigenvalue weighted by Gasteiger charge is -2.15. The Labute approximate surface area is 366 Å². The summed E-state index contributed by atoms with van der Waals surface area (Å²) >= 11 is 0. The van der Waals surface area contributed by atoms with E-state index in [-0.39, 0.29) is 18.0 Å². The molecule has 7 heteroatoms. The summed E-state index contributed by atoms with van der Waals surface area (Å²) in [5, 5.41) is 11.9. The average Bonchev–Trinajstić information content (AvgIpc) is 3.23. The zero-order valence-electron chi connectivity index (χ0n) is 37.7. The van der Waals surface area contributed by atoms with Crippen LogP contribution in [0, 0.1) is 0 Å². The number of nitrogens with one attached hydrogen (secondary N) is 1. The van der Waals surface area contributed by atoms with Gasteiger partial charge in [-0.3, -0.25) is 9.59 Å². The molecule has 0 aliphatic carbocycles. The molecular weight excluding hydrogens is 745 g/mol. The van der Waals surface area contributed by atoms with Crippen molar-refractivity contribution in [2.24, 2.45) is 5.73 Å². The van der Waals surface area contributed by atoms with Crippen molar-refractivity contribution in [1.82, 2.24) is 5.32 Å². The van der Waals surface area contributed by atoms with Crippen LogP contribution in [0.5, 0.6) is 0 Å². The number of amides is 1. The van der Waals surface area contributed by atoms with E-state index in [0.717, 1.165) is 109 Å². The van der Waals surface area contributed by atoms with E-state index in [2.05, 4.69) is 135 Å². The molecule has 0 aliphatic rings. The van der Waals surface area contributed by atoms with Crippen LogP contribution in [0.1, 0.15) is 174 Å². The van der Waals surface area contributed by atoms with Gasteiger partial charge in [0.25, 0.3) is 0 Å². The van der Waals surface area contributed by atoms with Gasteiger partial charge in [-0.05, 0) is 128 Å². The van der Waals surface area contributed by atoms with E-state index in [0.29, 0.717) is 38.6 Å². The maximum Gasteiger partial charge on any atom is 0.326 e. The third-order valence-corrected chi connectivity index (χ3v) is 9.50. The molecule has 0 aromatic rings. The number of carboxylic acid groups (broad SMARTS) is 1. The summed E-state index contributed by atoms with van der Waals surface area (Å²) in [6, 6.07) is -0.878. The monoisotopic (exact) mass is 829 g/mol. The average molecular weight is 829 g/mol. The topological polar surface area (TPSA) is 119 Å². The molecule has 0 radical (unpaired) electrons. The van der Waals surface area contributed by atoms with Gasteiger partial charge < -0.3 is 20.9 Å². The van der Waals surface area contributed by atoms with E-state index in [1.165, 1.54) is 19.3 Å². The van der Waals surface area contributed by atoms with Crippen molar-refractivity contribution >= 4 is 17.8 Å². The highest BCUT2D eigenvalue weighted by atomic mass is 16.5. The zero-order valence-corrected chi connectivity index (χ0v) is 37.7. The third kappa shape index (κ3) is 41.9. The van der Waals surface area contributed by atoms with Crippen molar-refractivity contribution in [3.63, 3.8) is 0 Å². The third-order valence-electron chi connectivity index (χ3n) is 9.50. The van der Waals surface area contributed by atoms with Gasteiger partial charge in [0.1, 0.15) is 12.1 Å². The number of carbonyl (C=O) groups is 3. The lowest BCUT2D eigenvalue weighted by molar-refractivity contribution is -0.147. The van der Waals surface area contributed by atoms with E-state index < -0.39 is 12.0 Å². The van der Waals surface area contributed by atoms with Gasteiger partial charge in [-0.25, -0.2) is 4.79 Å². The van der Waals surface area contributed by atoms with Gasteiger partial charge in [0.2, 0.25) is 5.91 Å². The Hall–Kier alpha value is -4.23. The molecule has 336 valence electrons. The number of carboxylic acids is 1. The van der Waals surface area contributed by atoms with Gasteiger partial charge in [0, 0.05) is 12.8 Å². The molecule has 0 fully saturated rings. The molecule has 0 aromatic heterocycles. The minimum Gasteiger partial charge on any atom is -0.480 e. The predicted molar refractivity (Wildman–Crippen MR) is 257 cm³/mol. The van der Waals surface area contributed by atoms with Crippen molar-refractivity contribution in [3.05, 3.63) is 122 Å². The molecule has 0 saturated carbocycles. The molecule has 0 spiro atoms. The number of ether oxygens (including phenoxy) is 1. The highest BCUT2D eigenvalue weighted by Crippen LogP contribution is 2.14. The number of nitrogens with two attached hydrogens (primary N) is 1. The summed E-state index contributed by atoms with van der Waals surface area (Å²) in [5.41, 5.74) is 5.48. The van der Waals surface area contributed by atoms with Crippen LogP contribution < -0.4 is 11.1 Å². The van der Waals surface area contributed by atoms with Gasteiger partial charge in [-0.1, -0.05) is 161 Å². The summed E-state index contributed by atoms with van der Waals surface area (Å²) < 4.78 is 5.91. The Morgan fingerprint density at radius 3 is 1.48 bits per heavy atom.